The van der Waals surface area contributed by atoms with Gasteiger partial charge in [0, 0.05) is 6.61 Å². The monoisotopic (exact) mass is 298 g/mol. The van der Waals surface area contributed by atoms with Gasteiger partial charge in [-0.25, -0.2) is 8.42 Å². The van der Waals surface area contributed by atoms with Crippen molar-refractivity contribution < 1.29 is 22.3 Å². The van der Waals surface area contributed by atoms with E-state index in [1.54, 1.807) is 11.4 Å². The molecule has 0 saturated carbocycles. The van der Waals surface area contributed by atoms with Crippen LogP contribution in [0.25, 0.3) is 0 Å². The van der Waals surface area contributed by atoms with Crippen molar-refractivity contribution in [3.8, 4) is 0 Å². The topological polar surface area (TPSA) is 107 Å². The summed E-state index contributed by atoms with van der Waals surface area (Å²) in [5.74, 6) is 0. The first kappa shape index (κ1) is 14.7. The van der Waals surface area contributed by atoms with Gasteiger partial charge in [-0.05, 0) is 35.4 Å². The summed E-state index contributed by atoms with van der Waals surface area (Å²) in [6, 6.07) is 2.96. The Morgan fingerprint density at radius 3 is 2.76 bits per heavy atom. The van der Waals surface area contributed by atoms with Crippen LogP contribution < -0.4 is 4.72 Å². The number of sulfonamides is 1. The molecule has 1 aromatic rings. The van der Waals surface area contributed by atoms with Crippen LogP contribution in [-0.2, 0) is 21.1 Å². The molecule has 17 heavy (non-hydrogen) atoms. The van der Waals surface area contributed by atoms with E-state index in [9.17, 15) is 17.2 Å². The van der Waals surface area contributed by atoms with Crippen molar-refractivity contribution in [1.82, 2.24) is 4.72 Å². The van der Waals surface area contributed by atoms with E-state index in [1.807, 2.05) is 0 Å². The van der Waals surface area contributed by atoms with Gasteiger partial charge in [0.15, 0.2) is 0 Å². The molecule has 1 aromatic heterocycles. The summed E-state index contributed by atoms with van der Waals surface area (Å²) in [5.41, 5.74) is 0. The van der Waals surface area contributed by atoms with Crippen LogP contribution in [0.1, 0.15) is 12.8 Å². The van der Waals surface area contributed by atoms with Crippen molar-refractivity contribution >= 4 is 32.4 Å². The Balaban J connectivity index is 2.76. The fourth-order valence-corrected chi connectivity index (χ4v) is 4.28. The number of aliphatic hydroxyl groups is 1. The Kier molecular flexibility index (Phi) is 5.70. The van der Waals surface area contributed by atoms with Gasteiger partial charge in [-0.3, -0.25) is 4.21 Å². The Hall–Kier alpha value is -0.320. The standard InChI is InChI=1S/C8H13NO5S3/c10-5-1-3-7(16(11)12)9-17(13,14)8-4-2-6-15-8/h2,4,6-7,9-10H,1,3,5H2,(H,11,12)/p-1. The van der Waals surface area contributed by atoms with Crippen LogP contribution in [0, 0.1) is 0 Å². The second-order valence-corrected chi connectivity index (χ2v) is 7.15. The van der Waals surface area contributed by atoms with Crippen molar-refractivity contribution in [3.05, 3.63) is 17.5 Å². The van der Waals surface area contributed by atoms with Crippen molar-refractivity contribution in [3.63, 3.8) is 0 Å². The first-order valence-electron chi connectivity index (χ1n) is 4.72. The van der Waals surface area contributed by atoms with Crippen LogP contribution in [0.15, 0.2) is 21.7 Å². The van der Waals surface area contributed by atoms with Gasteiger partial charge in [0.05, 0.1) is 5.37 Å². The molecule has 2 unspecified atom stereocenters. The van der Waals surface area contributed by atoms with E-state index < -0.39 is 26.5 Å². The fourth-order valence-electron chi connectivity index (χ4n) is 1.12. The Labute approximate surface area is 106 Å². The smallest absolute Gasteiger partial charge is 0.251 e. The SMILES string of the molecule is O=S([O-])C(CCCO)NS(=O)(=O)c1cccs1. The van der Waals surface area contributed by atoms with Crippen molar-refractivity contribution in [2.45, 2.75) is 22.4 Å². The Morgan fingerprint density at radius 1 is 1.59 bits per heavy atom. The first-order valence-corrected chi connectivity index (χ1v) is 8.22. The van der Waals surface area contributed by atoms with Crippen molar-refractivity contribution in [2.75, 3.05) is 6.61 Å². The molecule has 0 aliphatic carbocycles. The molecule has 98 valence electrons. The number of rotatable bonds is 7. The highest BCUT2D eigenvalue weighted by molar-refractivity contribution is 7.92. The zero-order valence-electron chi connectivity index (χ0n) is 8.74. The lowest BCUT2D eigenvalue weighted by atomic mass is 10.3. The molecule has 0 bridgehead atoms. The lowest BCUT2D eigenvalue weighted by Gasteiger charge is -2.20. The van der Waals surface area contributed by atoms with Crippen LogP contribution in [0.3, 0.4) is 0 Å². The maximum absolute atomic E-state index is 11.7. The van der Waals surface area contributed by atoms with E-state index in [0.717, 1.165) is 11.3 Å². The van der Waals surface area contributed by atoms with E-state index in [-0.39, 0.29) is 23.7 Å². The number of hydrogen-bond acceptors (Lipinski definition) is 6. The number of aliphatic hydroxyl groups excluding tert-OH is 1. The van der Waals surface area contributed by atoms with E-state index >= 15 is 0 Å². The van der Waals surface area contributed by atoms with E-state index in [2.05, 4.69) is 4.72 Å². The predicted octanol–water partition coefficient (Wildman–Crippen LogP) is 0.00410. The summed E-state index contributed by atoms with van der Waals surface area (Å²) in [6.45, 7) is -0.186. The van der Waals surface area contributed by atoms with E-state index in [0.29, 0.717) is 0 Å². The van der Waals surface area contributed by atoms with Gasteiger partial charge in [-0.2, -0.15) is 4.72 Å². The highest BCUT2D eigenvalue weighted by Gasteiger charge is 2.21. The highest BCUT2D eigenvalue weighted by atomic mass is 32.2. The number of hydrogen-bond donors (Lipinski definition) is 2. The van der Waals surface area contributed by atoms with Gasteiger partial charge in [-0.15, -0.1) is 11.3 Å². The minimum absolute atomic E-state index is 0.0389. The highest BCUT2D eigenvalue weighted by Crippen LogP contribution is 2.16. The summed E-state index contributed by atoms with van der Waals surface area (Å²) in [4.78, 5) is 0. The minimum Gasteiger partial charge on any atom is -0.771 e. The summed E-state index contributed by atoms with van der Waals surface area (Å²) in [6.07, 6.45) is 0.253. The minimum atomic E-state index is -3.80. The normalized spacial score (nSPS) is 15.6. The van der Waals surface area contributed by atoms with E-state index in [1.165, 1.54) is 6.07 Å². The molecule has 1 heterocycles. The van der Waals surface area contributed by atoms with Crippen molar-refractivity contribution in [1.29, 1.82) is 0 Å². The third kappa shape index (κ3) is 4.45. The first-order chi connectivity index (χ1) is 7.97. The second-order valence-electron chi connectivity index (χ2n) is 3.17. The maximum Gasteiger partial charge on any atom is 0.251 e. The van der Waals surface area contributed by atoms with Crippen LogP contribution in [0.5, 0.6) is 0 Å². The Morgan fingerprint density at radius 2 is 2.29 bits per heavy atom. The third-order valence-electron chi connectivity index (χ3n) is 1.90. The van der Waals surface area contributed by atoms with E-state index in [4.69, 9.17) is 5.11 Å². The summed E-state index contributed by atoms with van der Waals surface area (Å²) >= 11 is -1.55. The van der Waals surface area contributed by atoms with Gasteiger partial charge in [0.25, 0.3) is 10.0 Å². The van der Waals surface area contributed by atoms with Gasteiger partial charge < -0.3 is 9.66 Å². The molecule has 0 amide bonds. The fraction of sp³-hybridized carbons (Fsp3) is 0.500. The maximum atomic E-state index is 11.7. The summed E-state index contributed by atoms with van der Waals surface area (Å²) < 4.78 is 47.3. The van der Waals surface area contributed by atoms with Crippen LogP contribution in [-0.4, -0.2) is 34.3 Å². The predicted molar refractivity (Wildman–Crippen MR) is 63.7 cm³/mol. The van der Waals surface area contributed by atoms with Gasteiger partial charge in [0.2, 0.25) is 0 Å². The zero-order chi connectivity index (χ0) is 12.9. The number of nitrogens with one attached hydrogen (secondary N) is 1. The second kappa shape index (κ2) is 6.57. The molecule has 6 nitrogen and oxygen atoms in total. The lowest BCUT2D eigenvalue weighted by molar-refractivity contribution is 0.282. The molecule has 9 heteroatoms. The molecule has 2 atom stereocenters. The molecular formula is C8H12NO5S3-. The zero-order valence-corrected chi connectivity index (χ0v) is 11.2. The molecule has 2 N–H and O–H groups in total. The van der Waals surface area contributed by atoms with Gasteiger partial charge in [0.1, 0.15) is 4.21 Å². The molecule has 0 aliphatic rings. The molecule has 0 saturated heterocycles. The molecule has 0 spiro atoms. The van der Waals surface area contributed by atoms with Crippen LogP contribution in [0.4, 0.5) is 0 Å². The van der Waals surface area contributed by atoms with Gasteiger partial charge >= 0.3 is 0 Å². The molecule has 0 fully saturated rings. The molecule has 1 rings (SSSR count). The average molecular weight is 298 g/mol. The molecule has 0 radical (unpaired) electrons. The Bertz CT molecular complexity index is 456. The number of thiophene rings is 1. The van der Waals surface area contributed by atoms with Gasteiger partial charge in [-0.1, -0.05) is 6.07 Å². The molecule has 0 aliphatic heterocycles. The van der Waals surface area contributed by atoms with Crippen LogP contribution in [0.2, 0.25) is 0 Å². The molecule has 0 aromatic carbocycles. The van der Waals surface area contributed by atoms with Crippen molar-refractivity contribution in [2.24, 2.45) is 0 Å². The summed E-state index contributed by atoms with van der Waals surface area (Å²) in [7, 11) is -3.80. The van der Waals surface area contributed by atoms with Crippen LogP contribution >= 0.6 is 11.3 Å². The lowest BCUT2D eigenvalue weighted by Crippen LogP contribution is -2.37. The summed E-state index contributed by atoms with van der Waals surface area (Å²) in [5, 5.41) is 8.98. The average Bonchev–Trinajstić information content (AvgIpc) is 2.77. The third-order valence-corrected chi connectivity index (χ3v) is 5.74. The quantitative estimate of drug-likeness (QED) is 0.689. The largest absolute Gasteiger partial charge is 0.771 e. The molecular weight excluding hydrogens is 286 g/mol.